The number of rotatable bonds is 6. The van der Waals surface area contributed by atoms with Crippen molar-refractivity contribution in [1.82, 2.24) is 4.31 Å². The second-order valence-corrected chi connectivity index (χ2v) is 11.8. The van der Waals surface area contributed by atoms with Gasteiger partial charge in [0.05, 0.1) is 25.0 Å². The van der Waals surface area contributed by atoms with Crippen molar-refractivity contribution in [2.75, 3.05) is 25.1 Å². The van der Waals surface area contributed by atoms with Gasteiger partial charge in [0.25, 0.3) is 0 Å². The van der Waals surface area contributed by atoms with Gasteiger partial charge in [0.15, 0.2) is 0 Å². The lowest BCUT2D eigenvalue weighted by molar-refractivity contribution is -0.126. The molecule has 0 radical (unpaired) electrons. The minimum atomic E-state index is -3.71. The minimum Gasteiger partial charge on any atom is -0.309 e. The quantitative estimate of drug-likeness (QED) is 0.645. The lowest BCUT2D eigenvalue weighted by Gasteiger charge is -2.37. The molecule has 0 unspecified atom stereocenters. The van der Waals surface area contributed by atoms with Gasteiger partial charge >= 0.3 is 7.60 Å². The molecule has 3 rings (SSSR count). The van der Waals surface area contributed by atoms with E-state index in [0.717, 1.165) is 17.1 Å². The lowest BCUT2D eigenvalue weighted by Crippen LogP contribution is -2.45. The first kappa shape index (κ1) is 19.3. The molecular weight excluding hydrogens is 365 g/mol. The Hall–Kier alpha value is -0.430. The van der Waals surface area contributed by atoms with Crippen LogP contribution < -0.4 is 0 Å². The normalized spacial score (nSPS) is 35.1. The number of amides is 1. The summed E-state index contributed by atoms with van der Waals surface area (Å²) in [6.45, 7) is 7.85. The van der Waals surface area contributed by atoms with E-state index in [2.05, 4.69) is 13.8 Å². The molecule has 0 N–H and O–H groups in total. The summed E-state index contributed by atoms with van der Waals surface area (Å²) < 4.78 is 49.7. The van der Waals surface area contributed by atoms with E-state index >= 15 is 0 Å². The minimum absolute atomic E-state index is 0.00742. The maximum atomic E-state index is 12.9. The molecule has 0 aromatic rings. The third-order valence-corrected chi connectivity index (χ3v) is 10.5. The third-order valence-electron chi connectivity index (χ3n) is 6.64. The van der Waals surface area contributed by atoms with Crippen LogP contribution in [0.2, 0.25) is 0 Å². The Morgan fingerprint density at radius 2 is 1.84 bits per heavy atom. The molecule has 1 heterocycles. The van der Waals surface area contributed by atoms with Crippen molar-refractivity contribution in [2.24, 2.45) is 16.7 Å². The Bertz CT molecular complexity index is 710. The zero-order chi connectivity index (χ0) is 18.7. The molecule has 3 fully saturated rings. The van der Waals surface area contributed by atoms with E-state index in [9.17, 15) is 17.8 Å². The Balaban J connectivity index is 1.90. The van der Waals surface area contributed by atoms with Crippen LogP contribution in [0.4, 0.5) is 0 Å². The number of nitrogens with zero attached hydrogens (tertiary/aromatic N) is 1. The van der Waals surface area contributed by atoms with E-state index in [1.807, 2.05) is 0 Å². The molecule has 1 aliphatic heterocycles. The van der Waals surface area contributed by atoms with Gasteiger partial charge in [0, 0.05) is 5.41 Å². The Morgan fingerprint density at radius 1 is 1.24 bits per heavy atom. The van der Waals surface area contributed by atoms with E-state index in [0.29, 0.717) is 12.3 Å². The van der Waals surface area contributed by atoms with Gasteiger partial charge in [-0.05, 0) is 44.4 Å². The fourth-order valence-corrected chi connectivity index (χ4v) is 9.55. The molecule has 9 heteroatoms. The Labute approximate surface area is 150 Å². The highest BCUT2D eigenvalue weighted by molar-refractivity contribution is 7.90. The van der Waals surface area contributed by atoms with E-state index in [-0.39, 0.29) is 35.8 Å². The third kappa shape index (κ3) is 2.71. The van der Waals surface area contributed by atoms with Gasteiger partial charge < -0.3 is 9.05 Å². The van der Waals surface area contributed by atoms with Crippen LogP contribution >= 0.6 is 7.60 Å². The maximum absolute atomic E-state index is 12.9. The molecule has 3 aliphatic rings. The van der Waals surface area contributed by atoms with E-state index in [1.165, 1.54) is 0 Å². The molecule has 1 amide bonds. The average molecular weight is 393 g/mol. The molecule has 25 heavy (non-hydrogen) atoms. The summed E-state index contributed by atoms with van der Waals surface area (Å²) in [4.78, 5) is 12.9. The Morgan fingerprint density at radius 3 is 2.36 bits per heavy atom. The van der Waals surface area contributed by atoms with Gasteiger partial charge in [-0.1, -0.05) is 13.8 Å². The molecule has 144 valence electrons. The van der Waals surface area contributed by atoms with Crippen molar-refractivity contribution in [3.8, 4) is 0 Å². The lowest BCUT2D eigenvalue weighted by atomic mass is 9.69. The van der Waals surface area contributed by atoms with Gasteiger partial charge in [-0.2, -0.15) is 0 Å². The number of carbonyl (C=O) groups excluding carboxylic acids is 1. The SMILES string of the molecule is CCOP(=O)(CC(=O)N1[C@H]2C[C@@H]3CC[C@@]2(CS1(=O)=O)C3(C)C)OCC. The van der Waals surface area contributed by atoms with Crippen molar-refractivity contribution < 1.29 is 26.8 Å². The van der Waals surface area contributed by atoms with E-state index < -0.39 is 29.7 Å². The maximum Gasteiger partial charge on any atom is 0.340 e. The highest BCUT2D eigenvalue weighted by Gasteiger charge is 2.72. The van der Waals surface area contributed by atoms with Crippen LogP contribution in [0.3, 0.4) is 0 Å². The molecule has 2 saturated carbocycles. The summed E-state index contributed by atoms with van der Waals surface area (Å²) in [7, 11) is -7.34. The van der Waals surface area contributed by atoms with Crippen molar-refractivity contribution in [3.63, 3.8) is 0 Å². The zero-order valence-electron chi connectivity index (χ0n) is 15.4. The predicted octanol–water partition coefficient (Wildman–Crippen LogP) is 2.62. The van der Waals surface area contributed by atoms with Crippen LogP contribution in [-0.2, 0) is 28.4 Å². The molecular formula is C16H28NO6PS. The topological polar surface area (TPSA) is 90.0 Å². The van der Waals surface area contributed by atoms with Crippen LogP contribution in [0.1, 0.15) is 47.0 Å². The monoisotopic (exact) mass is 393 g/mol. The predicted molar refractivity (Wildman–Crippen MR) is 93.7 cm³/mol. The molecule has 0 aromatic carbocycles. The van der Waals surface area contributed by atoms with Crippen LogP contribution in [0.15, 0.2) is 0 Å². The number of hydrogen-bond donors (Lipinski definition) is 0. The van der Waals surface area contributed by atoms with E-state index in [1.54, 1.807) is 13.8 Å². The first-order valence-electron chi connectivity index (χ1n) is 8.96. The number of hydrogen-bond acceptors (Lipinski definition) is 6. The molecule has 2 bridgehead atoms. The second-order valence-electron chi connectivity index (χ2n) is 7.92. The van der Waals surface area contributed by atoms with Crippen LogP contribution in [-0.4, -0.2) is 49.8 Å². The summed E-state index contributed by atoms with van der Waals surface area (Å²) in [5, 5.41) is 0. The summed E-state index contributed by atoms with van der Waals surface area (Å²) >= 11 is 0. The fraction of sp³-hybridized carbons (Fsp3) is 0.938. The van der Waals surface area contributed by atoms with Gasteiger partial charge in [0.2, 0.25) is 15.9 Å². The summed E-state index contributed by atoms with van der Waals surface area (Å²) in [6, 6.07) is -0.324. The average Bonchev–Trinajstić information content (AvgIpc) is 2.94. The zero-order valence-corrected chi connectivity index (χ0v) is 17.1. The molecule has 0 aromatic heterocycles. The van der Waals surface area contributed by atoms with Gasteiger partial charge in [-0.15, -0.1) is 0 Å². The van der Waals surface area contributed by atoms with Crippen LogP contribution in [0.25, 0.3) is 0 Å². The van der Waals surface area contributed by atoms with Crippen LogP contribution in [0.5, 0.6) is 0 Å². The van der Waals surface area contributed by atoms with Crippen LogP contribution in [0, 0.1) is 16.7 Å². The summed E-state index contributed by atoms with van der Waals surface area (Å²) in [5.41, 5.74) is -0.489. The number of fused-ring (bicyclic) bond motifs is 1. The van der Waals surface area contributed by atoms with Gasteiger partial charge in [-0.25, -0.2) is 12.7 Å². The summed E-state index contributed by atoms with van der Waals surface area (Å²) in [6.07, 6.45) is 2.02. The smallest absolute Gasteiger partial charge is 0.309 e. The van der Waals surface area contributed by atoms with Gasteiger partial charge in [0.1, 0.15) is 6.16 Å². The second kappa shape index (κ2) is 6.04. The van der Waals surface area contributed by atoms with Crippen molar-refractivity contribution in [1.29, 1.82) is 0 Å². The molecule has 2 aliphatic carbocycles. The largest absolute Gasteiger partial charge is 0.340 e. The van der Waals surface area contributed by atoms with Crippen molar-refractivity contribution >= 4 is 23.5 Å². The van der Waals surface area contributed by atoms with Gasteiger partial charge in [-0.3, -0.25) is 9.36 Å². The molecule has 7 nitrogen and oxygen atoms in total. The molecule has 1 spiro atoms. The highest BCUT2D eigenvalue weighted by Crippen LogP contribution is 2.70. The first-order valence-corrected chi connectivity index (χ1v) is 12.3. The number of carbonyl (C=O) groups is 1. The first-order chi connectivity index (χ1) is 11.5. The highest BCUT2D eigenvalue weighted by atomic mass is 32.2. The Kier molecular flexibility index (Phi) is 4.67. The molecule has 1 saturated heterocycles. The number of sulfonamides is 1. The standard InChI is InChI=1S/C16H28NO6PS/c1-5-22-24(19,23-6-2)10-14(18)17-13-9-12-7-8-16(13,15(12,3)4)11-25(17,20)21/h12-13H,5-11H2,1-4H3/t12-,13-,16-/m0/s1. The summed E-state index contributed by atoms with van der Waals surface area (Å²) in [5.74, 6) is -0.225. The molecule has 3 atom stereocenters. The van der Waals surface area contributed by atoms with Crippen molar-refractivity contribution in [3.05, 3.63) is 0 Å². The van der Waals surface area contributed by atoms with E-state index in [4.69, 9.17) is 9.05 Å². The fourth-order valence-electron chi connectivity index (χ4n) is 5.37. The van der Waals surface area contributed by atoms with Crippen molar-refractivity contribution in [2.45, 2.75) is 53.0 Å².